The van der Waals surface area contributed by atoms with E-state index in [0.29, 0.717) is 12.3 Å². The lowest BCUT2D eigenvalue weighted by Crippen LogP contribution is -2.52. The molecule has 1 aliphatic heterocycles. The maximum absolute atomic E-state index is 11.5. The van der Waals surface area contributed by atoms with Crippen LogP contribution in [0.15, 0.2) is 0 Å². The Morgan fingerprint density at radius 1 is 1.29 bits per heavy atom. The largest absolute Gasteiger partial charge is 0.352 e. The third kappa shape index (κ3) is 5.04. The SMILES string of the molecule is CCC(=O)N[C@@H](CN1CCN(C)CC1)C(C)C.[HH]. The van der Waals surface area contributed by atoms with E-state index in [0.717, 1.165) is 32.7 Å². The molecule has 1 aliphatic rings. The second kappa shape index (κ2) is 6.97. The van der Waals surface area contributed by atoms with Crippen LogP contribution in [0.5, 0.6) is 0 Å². The minimum atomic E-state index is 0. The summed E-state index contributed by atoms with van der Waals surface area (Å²) in [5.74, 6) is 0.656. The van der Waals surface area contributed by atoms with E-state index < -0.39 is 0 Å². The summed E-state index contributed by atoms with van der Waals surface area (Å²) < 4.78 is 0. The van der Waals surface area contributed by atoms with Gasteiger partial charge in [-0.15, -0.1) is 0 Å². The van der Waals surface area contributed by atoms with Crippen LogP contribution in [0, 0.1) is 5.92 Å². The molecule has 1 heterocycles. The highest BCUT2D eigenvalue weighted by molar-refractivity contribution is 5.75. The van der Waals surface area contributed by atoms with Crippen LogP contribution in [-0.2, 0) is 4.79 Å². The smallest absolute Gasteiger partial charge is 0.219 e. The van der Waals surface area contributed by atoms with Gasteiger partial charge < -0.3 is 10.2 Å². The van der Waals surface area contributed by atoms with Crippen LogP contribution in [-0.4, -0.2) is 61.5 Å². The van der Waals surface area contributed by atoms with Gasteiger partial charge in [-0.1, -0.05) is 20.8 Å². The van der Waals surface area contributed by atoms with E-state index in [1.165, 1.54) is 0 Å². The molecule has 0 aromatic heterocycles. The average Bonchev–Trinajstić information content (AvgIpc) is 2.30. The molecule has 1 saturated heterocycles. The third-order valence-electron chi connectivity index (χ3n) is 3.52. The van der Waals surface area contributed by atoms with Gasteiger partial charge in [-0.25, -0.2) is 0 Å². The van der Waals surface area contributed by atoms with Crippen molar-refractivity contribution < 1.29 is 6.22 Å². The number of piperazine rings is 1. The fraction of sp³-hybridized carbons (Fsp3) is 0.923. The summed E-state index contributed by atoms with van der Waals surface area (Å²) >= 11 is 0. The first-order valence-electron chi connectivity index (χ1n) is 6.73. The lowest BCUT2D eigenvalue weighted by molar-refractivity contribution is -0.122. The number of likely N-dealkylation sites (N-methyl/N-ethyl adjacent to an activating group) is 1. The van der Waals surface area contributed by atoms with E-state index in [2.05, 4.69) is 36.0 Å². The van der Waals surface area contributed by atoms with E-state index in [4.69, 9.17) is 0 Å². The summed E-state index contributed by atoms with van der Waals surface area (Å²) in [6, 6.07) is 0.283. The van der Waals surface area contributed by atoms with Gasteiger partial charge in [0.1, 0.15) is 0 Å². The predicted molar refractivity (Wildman–Crippen MR) is 73.1 cm³/mol. The maximum Gasteiger partial charge on any atom is 0.219 e. The lowest BCUT2D eigenvalue weighted by Gasteiger charge is -2.36. The zero-order chi connectivity index (χ0) is 12.8. The number of amides is 1. The van der Waals surface area contributed by atoms with Crippen molar-refractivity contribution in [1.29, 1.82) is 0 Å². The second-order valence-corrected chi connectivity index (χ2v) is 5.38. The Kier molecular flexibility index (Phi) is 5.92. The molecule has 0 aliphatic carbocycles. The van der Waals surface area contributed by atoms with Crippen LogP contribution in [0.3, 0.4) is 0 Å². The van der Waals surface area contributed by atoms with Crippen LogP contribution >= 0.6 is 0 Å². The number of nitrogens with one attached hydrogen (secondary N) is 1. The Morgan fingerprint density at radius 3 is 2.35 bits per heavy atom. The molecular weight excluding hydrogens is 214 g/mol. The number of carbonyl (C=O) groups is 1. The van der Waals surface area contributed by atoms with Gasteiger partial charge in [0, 0.05) is 46.6 Å². The molecule has 0 aromatic rings. The molecule has 1 amide bonds. The minimum Gasteiger partial charge on any atom is -0.352 e. The molecule has 1 rings (SSSR count). The van der Waals surface area contributed by atoms with Crippen molar-refractivity contribution in [3.8, 4) is 0 Å². The fourth-order valence-electron chi connectivity index (χ4n) is 2.04. The van der Waals surface area contributed by atoms with E-state index in [9.17, 15) is 4.79 Å². The monoisotopic (exact) mass is 243 g/mol. The fourth-order valence-corrected chi connectivity index (χ4v) is 2.04. The maximum atomic E-state index is 11.5. The minimum absolute atomic E-state index is 0. The normalized spacial score (nSPS) is 20.5. The van der Waals surface area contributed by atoms with Gasteiger partial charge in [-0.05, 0) is 13.0 Å². The van der Waals surface area contributed by atoms with Crippen molar-refractivity contribution in [2.24, 2.45) is 5.92 Å². The number of hydrogen-bond donors (Lipinski definition) is 1. The average molecular weight is 243 g/mol. The van der Waals surface area contributed by atoms with Gasteiger partial charge in [-0.3, -0.25) is 9.69 Å². The molecule has 1 fully saturated rings. The molecule has 0 saturated carbocycles. The molecule has 0 spiro atoms. The number of hydrogen-bond acceptors (Lipinski definition) is 3. The summed E-state index contributed by atoms with van der Waals surface area (Å²) in [6.07, 6.45) is 0.575. The molecule has 1 atom stereocenters. The molecule has 0 unspecified atom stereocenters. The van der Waals surface area contributed by atoms with Gasteiger partial charge in [0.2, 0.25) is 5.91 Å². The molecular formula is C13H29N3O. The molecule has 1 N–H and O–H groups in total. The molecule has 0 bridgehead atoms. The highest BCUT2D eigenvalue weighted by Gasteiger charge is 2.21. The first-order chi connectivity index (χ1) is 8.02. The molecule has 4 heteroatoms. The first-order valence-corrected chi connectivity index (χ1v) is 6.73. The Balaban J connectivity index is 0.00000289. The van der Waals surface area contributed by atoms with Gasteiger partial charge in [0.05, 0.1) is 0 Å². The second-order valence-electron chi connectivity index (χ2n) is 5.38. The summed E-state index contributed by atoms with van der Waals surface area (Å²) in [5.41, 5.74) is 0. The van der Waals surface area contributed by atoms with Gasteiger partial charge in [0.25, 0.3) is 0 Å². The summed E-state index contributed by atoms with van der Waals surface area (Å²) in [7, 11) is 2.16. The molecule has 4 nitrogen and oxygen atoms in total. The standard InChI is InChI=1S/C13H27N3O.H2/c1-5-13(17)14-12(11(2)3)10-16-8-6-15(4)7-9-16;/h11-12H,5-10H2,1-4H3,(H,14,17);1H/t12-;/m0./s1. The Hall–Kier alpha value is -0.610. The highest BCUT2D eigenvalue weighted by atomic mass is 16.1. The van der Waals surface area contributed by atoms with Crippen LogP contribution in [0.2, 0.25) is 0 Å². The number of carbonyl (C=O) groups excluding carboxylic acids is 1. The summed E-state index contributed by atoms with van der Waals surface area (Å²) in [4.78, 5) is 16.3. The van der Waals surface area contributed by atoms with Crippen molar-refractivity contribution in [2.75, 3.05) is 39.8 Å². The molecule has 17 heavy (non-hydrogen) atoms. The topological polar surface area (TPSA) is 35.6 Å². The number of nitrogens with zero attached hydrogens (tertiary/aromatic N) is 2. The van der Waals surface area contributed by atoms with Crippen LogP contribution in [0.25, 0.3) is 0 Å². The van der Waals surface area contributed by atoms with Crippen molar-refractivity contribution in [3.05, 3.63) is 0 Å². The predicted octanol–water partition coefficient (Wildman–Crippen LogP) is 1.03. The summed E-state index contributed by atoms with van der Waals surface area (Å²) in [5, 5.41) is 3.13. The van der Waals surface area contributed by atoms with E-state index >= 15 is 0 Å². The zero-order valence-corrected chi connectivity index (χ0v) is 11.7. The quantitative estimate of drug-likeness (QED) is 0.783. The van der Waals surface area contributed by atoms with E-state index in [1.54, 1.807) is 0 Å². The summed E-state index contributed by atoms with van der Waals surface area (Å²) in [6.45, 7) is 11.7. The Morgan fingerprint density at radius 2 is 1.88 bits per heavy atom. The van der Waals surface area contributed by atoms with Crippen LogP contribution in [0.1, 0.15) is 28.6 Å². The van der Waals surface area contributed by atoms with E-state index in [1.807, 2.05) is 6.92 Å². The molecule has 0 aromatic carbocycles. The van der Waals surface area contributed by atoms with Crippen LogP contribution < -0.4 is 5.32 Å². The van der Waals surface area contributed by atoms with Crippen LogP contribution in [0.4, 0.5) is 0 Å². The van der Waals surface area contributed by atoms with Crippen molar-refractivity contribution in [1.82, 2.24) is 15.1 Å². The van der Waals surface area contributed by atoms with Crippen molar-refractivity contribution in [3.63, 3.8) is 0 Å². The van der Waals surface area contributed by atoms with Crippen molar-refractivity contribution in [2.45, 2.75) is 33.2 Å². The molecule has 0 radical (unpaired) electrons. The Bertz CT molecular complexity index is 240. The van der Waals surface area contributed by atoms with Gasteiger partial charge >= 0.3 is 0 Å². The third-order valence-corrected chi connectivity index (χ3v) is 3.52. The molecule has 102 valence electrons. The van der Waals surface area contributed by atoms with Crippen molar-refractivity contribution >= 4 is 5.91 Å². The van der Waals surface area contributed by atoms with Gasteiger partial charge in [-0.2, -0.15) is 0 Å². The first kappa shape index (κ1) is 14.5. The lowest BCUT2D eigenvalue weighted by atomic mass is 10.0. The highest BCUT2D eigenvalue weighted by Crippen LogP contribution is 2.07. The Labute approximate surface area is 107 Å². The number of rotatable bonds is 5. The zero-order valence-electron chi connectivity index (χ0n) is 11.7. The van der Waals surface area contributed by atoms with E-state index in [-0.39, 0.29) is 13.4 Å². The van der Waals surface area contributed by atoms with Gasteiger partial charge in [0.15, 0.2) is 0 Å².